The van der Waals surface area contributed by atoms with E-state index in [0.717, 1.165) is 37.2 Å². The normalized spacial score (nSPS) is 14.3. The number of carbonyl (C=O) groups is 2. The molecule has 0 aliphatic carbocycles. The van der Waals surface area contributed by atoms with Gasteiger partial charge in [-0.25, -0.2) is 0 Å². The third-order valence-electron chi connectivity index (χ3n) is 5.26. The van der Waals surface area contributed by atoms with Crippen molar-refractivity contribution >= 4 is 40.9 Å². The summed E-state index contributed by atoms with van der Waals surface area (Å²) < 4.78 is 5.12. The maximum atomic E-state index is 13.0. The Morgan fingerprint density at radius 1 is 1.10 bits per heavy atom. The summed E-state index contributed by atoms with van der Waals surface area (Å²) in [5.41, 5.74) is 1.99. The van der Waals surface area contributed by atoms with E-state index in [2.05, 4.69) is 17.6 Å². The van der Waals surface area contributed by atoms with Crippen LogP contribution < -0.4 is 15.4 Å². The Kier molecular flexibility index (Phi) is 7.78. The van der Waals surface area contributed by atoms with Gasteiger partial charge in [0.2, 0.25) is 5.91 Å². The Hall–Kier alpha value is -3.19. The van der Waals surface area contributed by atoms with Crippen LogP contribution in [0.15, 0.2) is 54.6 Å². The minimum absolute atomic E-state index is 0.0245. The molecule has 0 radical (unpaired) electrons. The molecule has 2 amide bonds. The maximum Gasteiger partial charge on any atom is 0.255 e. The van der Waals surface area contributed by atoms with Crippen molar-refractivity contribution in [3.8, 4) is 5.75 Å². The maximum absolute atomic E-state index is 13.0. The summed E-state index contributed by atoms with van der Waals surface area (Å²) >= 11 is 5.28. The Labute approximate surface area is 188 Å². The monoisotopic (exact) mass is 437 g/mol. The van der Waals surface area contributed by atoms with Crippen molar-refractivity contribution in [2.75, 3.05) is 25.5 Å². The van der Waals surface area contributed by atoms with E-state index in [1.54, 1.807) is 25.3 Å². The molecule has 0 unspecified atom stereocenters. The van der Waals surface area contributed by atoms with E-state index in [1.165, 1.54) is 6.08 Å². The summed E-state index contributed by atoms with van der Waals surface area (Å²) in [6.07, 6.45) is 5.11. The lowest BCUT2D eigenvalue weighted by Gasteiger charge is -2.30. The molecule has 0 aromatic heterocycles. The third kappa shape index (κ3) is 6.39. The second kappa shape index (κ2) is 10.7. The van der Waals surface area contributed by atoms with E-state index in [9.17, 15) is 9.59 Å². The molecule has 31 heavy (non-hydrogen) atoms. The number of hydrogen-bond donors (Lipinski definition) is 2. The van der Waals surface area contributed by atoms with Gasteiger partial charge in [-0.15, -0.1) is 0 Å². The van der Waals surface area contributed by atoms with E-state index in [-0.39, 0.29) is 16.9 Å². The van der Waals surface area contributed by atoms with Gasteiger partial charge in [0.1, 0.15) is 5.75 Å². The zero-order valence-electron chi connectivity index (χ0n) is 17.8. The fraction of sp³-hybridized carbons (Fsp3) is 0.292. The lowest BCUT2D eigenvalue weighted by atomic mass is 9.98. The molecule has 1 fully saturated rings. The lowest BCUT2D eigenvalue weighted by Crippen LogP contribution is -2.39. The molecule has 162 valence electrons. The predicted octanol–water partition coefficient (Wildman–Crippen LogP) is 4.09. The summed E-state index contributed by atoms with van der Waals surface area (Å²) in [5, 5.41) is 5.74. The van der Waals surface area contributed by atoms with Crippen molar-refractivity contribution in [2.24, 2.45) is 5.92 Å². The van der Waals surface area contributed by atoms with Gasteiger partial charge in [0.25, 0.3) is 5.91 Å². The van der Waals surface area contributed by atoms with Crippen LogP contribution in [-0.4, -0.2) is 42.0 Å². The Balaban J connectivity index is 1.59. The van der Waals surface area contributed by atoms with E-state index in [4.69, 9.17) is 17.0 Å². The molecular weight excluding hydrogens is 410 g/mol. The first-order valence-corrected chi connectivity index (χ1v) is 10.7. The van der Waals surface area contributed by atoms with Crippen LogP contribution in [0.2, 0.25) is 0 Å². The van der Waals surface area contributed by atoms with Gasteiger partial charge in [-0.1, -0.05) is 31.2 Å². The fourth-order valence-electron chi connectivity index (χ4n) is 3.35. The highest BCUT2D eigenvalue weighted by Crippen LogP contribution is 2.22. The molecule has 3 rings (SSSR count). The van der Waals surface area contributed by atoms with Crippen LogP contribution in [0.4, 0.5) is 5.69 Å². The van der Waals surface area contributed by atoms with Crippen LogP contribution in [0.1, 0.15) is 35.7 Å². The summed E-state index contributed by atoms with van der Waals surface area (Å²) in [7, 11) is 1.60. The molecular formula is C24H27N3O3S. The molecule has 1 aliphatic heterocycles. The zero-order chi connectivity index (χ0) is 22.2. The van der Waals surface area contributed by atoms with Crippen LogP contribution in [-0.2, 0) is 4.79 Å². The van der Waals surface area contributed by atoms with Gasteiger partial charge in [-0.3, -0.25) is 14.9 Å². The molecule has 0 bridgehead atoms. The van der Waals surface area contributed by atoms with Crippen LogP contribution in [0.3, 0.4) is 0 Å². The fourth-order valence-corrected chi connectivity index (χ4v) is 3.57. The molecule has 1 saturated heterocycles. The van der Waals surface area contributed by atoms with Gasteiger partial charge in [-0.05, 0) is 66.9 Å². The number of ether oxygens (including phenoxy) is 1. The van der Waals surface area contributed by atoms with Crippen LogP contribution in [0, 0.1) is 5.92 Å². The second-order valence-corrected chi connectivity index (χ2v) is 7.98. The van der Waals surface area contributed by atoms with Gasteiger partial charge in [0.05, 0.1) is 18.4 Å². The van der Waals surface area contributed by atoms with Crippen molar-refractivity contribution in [3.05, 3.63) is 65.7 Å². The molecule has 0 spiro atoms. The third-order valence-corrected chi connectivity index (χ3v) is 5.46. The number of benzene rings is 2. The standard InChI is InChI=1S/C24H27N3O3S/c1-17-13-15-27(16-14-17)23(29)20-5-3-4-6-21(20)25-24(31)26-22(28)12-9-18-7-10-19(30-2)11-8-18/h3-12,17H,13-16H2,1-2H3,(H2,25,26,28,31)/b12-9+. The Morgan fingerprint density at radius 3 is 2.45 bits per heavy atom. The average molecular weight is 438 g/mol. The van der Waals surface area contributed by atoms with Crippen LogP contribution >= 0.6 is 12.2 Å². The number of carbonyl (C=O) groups excluding carboxylic acids is 2. The number of likely N-dealkylation sites (tertiary alicyclic amines) is 1. The smallest absolute Gasteiger partial charge is 0.255 e. The molecule has 2 N–H and O–H groups in total. The highest BCUT2D eigenvalue weighted by atomic mass is 32.1. The first-order valence-electron chi connectivity index (χ1n) is 10.3. The summed E-state index contributed by atoms with van der Waals surface area (Å²) in [6, 6.07) is 14.5. The quantitative estimate of drug-likeness (QED) is 0.545. The van der Waals surface area contributed by atoms with Gasteiger partial charge in [0.15, 0.2) is 5.11 Å². The highest BCUT2D eigenvalue weighted by molar-refractivity contribution is 7.80. The minimum Gasteiger partial charge on any atom is -0.497 e. The van der Waals surface area contributed by atoms with Gasteiger partial charge >= 0.3 is 0 Å². The summed E-state index contributed by atoms with van der Waals surface area (Å²) in [5.74, 6) is 1.01. The van der Waals surface area contributed by atoms with E-state index in [1.807, 2.05) is 41.3 Å². The van der Waals surface area contributed by atoms with Crippen molar-refractivity contribution in [1.82, 2.24) is 10.2 Å². The number of piperidine rings is 1. The number of para-hydroxylation sites is 1. The predicted molar refractivity (Wildman–Crippen MR) is 127 cm³/mol. The van der Waals surface area contributed by atoms with Crippen LogP contribution in [0.25, 0.3) is 6.08 Å². The van der Waals surface area contributed by atoms with Crippen molar-refractivity contribution in [2.45, 2.75) is 19.8 Å². The summed E-state index contributed by atoms with van der Waals surface area (Å²) in [4.78, 5) is 27.1. The Morgan fingerprint density at radius 2 is 1.77 bits per heavy atom. The highest BCUT2D eigenvalue weighted by Gasteiger charge is 2.23. The number of rotatable bonds is 5. The first-order chi connectivity index (χ1) is 15.0. The molecule has 2 aromatic rings. The van der Waals surface area contributed by atoms with Gasteiger partial charge in [-0.2, -0.15) is 0 Å². The average Bonchev–Trinajstić information content (AvgIpc) is 2.78. The van der Waals surface area contributed by atoms with E-state index >= 15 is 0 Å². The van der Waals surface area contributed by atoms with E-state index in [0.29, 0.717) is 17.2 Å². The molecule has 1 heterocycles. The van der Waals surface area contributed by atoms with Gasteiger partial charge in [0, 0.05) is 19.2 Å². The van der Waals surface area contributed by atoms with Gasteiger partial charge < -0.3 is 15.0 Å². The zero-order valence-corrected chi connectivity index (χ0v) is 18.6. The number of amides is 2. The first kappa shape index (κ1) is 22.5. The summed E-state index contributed by atoms with van der Waals surface area (Å²) in [6.45, 7) is 3.72. The number of nitrogens with one attached hydrogen (secondary N) is 2. The molecule has 6 nitrogen and oxygen atoms in total. The number of hydrogen-bond acceptors (Lipinski definition) is 4. The largest absolute Gasteiger partial charge is 0.497 e. The SMILES string of the molecule is COc1ccc(/C=C/C(=O)NC(=S)Nc2ccccc2C(=O)N2CCC(C)CC2)cc1. The van der Waals surface area contributed by atoms with Crippen molar-refractivity contribution in [3.63, 3.8) is 0 Å². The molecule has 2 aromatic carbocycles. The minimum atomic E-state index is -0.359. The van der Waals surface area contributed by atoms with Crippen LogP contribution in [0.5, 0.6) is 5.75 Å². The number of thiocarbonyl (C=S) groups is 1. The lowest BCUT2D eigenvalue weighted by molar-refractivity contribution is -0.115. The molecule has 1 aliphatic rings. The number of nitrogens with zero attached hydrogens (tertiary/aromatic N) is 1. The topological polar surface area (TPSA) is 70.7 Å². The number of methoxy groups -OCH3 is 1. The molecule has 7 heteroatoms. The molecule has 0 saturated carbocycles. The van der Waals surface area contributed by atoms with E-state index < -0.39 is 0 Å². The molecule has 0 atom stereocenters. The Bertz CT molecular complexity index is 964. The second-order valence-electron chi connectivity index (χ2n) is 7.57. The van der Waals surface area contributed by atoms with Crippen molar-refractivity contribution in [1.29, 1.82) is 0 Å². The van der Waals surface area contributed by atoms with Crippen molar-refractivity contribution < 1.29 is 14.3 Å². The number of anilines is 1.